The van der Waals surface area contributed by atoms with Gasteiger partial charge in [0.2, 0.25) is 0 Å². The van der Waals surface area contributed by atoms with Crippen LogP contribution < -0.4 is 0 Å². The van der Waals surface area contributed by atoms with Gasteiger partial charge in [-0.1, -0.05) is 24.4 Å². The van der Waals surface area contributed by atoms with Crippen molar-refractivity contribution in [1.82, 2.24) is 4.90 Å². The van der Waals surface area contributed by atoms with Crippen LogP contribution in [0.5, 0.6) is 0 Å². The molecule has 0 aromatic carbocycles. The first-order chi connectivity index (χ1) is 9.92. The van der Waals surface area contributed by atoms with E-state index in [9.17, 15) is 4.79 Å². The molecule has 6 heteroatoms. The minimum atomic E-state index is -0.417. The summed E-state index contributed by atoms with van der Waals surface area (Å²) in [5, 5.41) is 3.54. The third-order valence-electron chi connectivity index (χ3n) is 3.70. The van der Waals surface area contributed by atoms with Crippen molar-refractivity contribution in [2.24, 2.45) is 11.0 Å². The highest BCUT2D eigenvalue weighted by Crippen LogP contribution is 2.24. The maximum atomic E-state index is 11.9. The van der Waals surface area contributed by atoms with Crippen molar-refractivity contribution in [2.45, 2.75) is 64.9 Å². The Morgan fingerprint density at radius 3 is 2.52 bits per heavy atom. The molecule has 0 aromatic rings. The molecule has 0 atom stereocenters. The van der Waals surface area contributed by atoms with Gasteiger partial charge in [-0.3, -0.25) is 0 Å². The highest BCUT2D eigenvalue weighted by molar-refractivity contribution is 5.68. The fraction of sp³-hybridized carbons (Fsp3) is 0.933. The van der Waals surface area contributed by atoms with Crippen LogP contribution in [-0.2, 0) is 4.74 Å². The van der Waals surface area contributed by atoms with Crippen molar-refractivity contribution < 1.29 is 9.53 Å². The molecule has 0 spiro atoms. The average Bonchev–Trinajstić information content (AvgIpc) is 2.41. The molecule has 1 saturated heterocycles. The molecule has 1 aliphatic heterocycles. The van der Waals surface area contributed by atoms with Gasteiger partial charge in [0.25, 0.3) is 0 Å². The first-order valence-electron chi connectivity index (χ1n) is 7.91. The zero-order valence-corrected chi connectivity index (χ0v) is 13.5. The molecule has 0 radical (unpaired) electrons. The van der Waals surface area contributed by atoms with Gasteiger partial charge >= 0.3 is 6.09 Å². The average molecular weight is 296 g/mol. The zero-order chi connectivity index (χ0) is 15.7. The van der Waals surface area contributed by atoms with Gasteiger partial charge in [0.05, 0.1) is 0 Å². The van der Waals surface area contributed by atoms with Crippen LogP contribution in [0.1, 0.15) is 59.3 Å². The lowest BCUT2D eigenvalue weighted by Crippen LogP contribution is -2.41. The Morgan fingerprint density at radius 2 is 1.95 bits per heavy atom. The monoisotopic (exact) mass is 296 g/mol. The second-order valence-corrected chi connectivity index (χ2v) is 6.71. The van der Waals surface area contributed by atoms with Crippen LogP contribution in [-0.4, -0.2) is 36.2 Å². The fourth-order valence-electron chi connectivity index (χ4n) is 2.57. The summed E-state index contributed by atoms with van der Waals surface area (Å²) in [6.07, 6.45) is 6.42. The highest BCUT2D eigenvalue weighted by atomic mass is 16.6. The van der Waals surface area contributed by atoms with E-state index in [-0.39, 0.29) is 6.09 Å². The van der Waals surface area contributed by atoms with E-state index in [0.717, 1.165) is 38.8 Å². The van der Waals surface area contributed by atoms with E-state index >= 15 is 0 Å². The predicted molar refractivity (Wildman–Crippen MR) is 83.0 cm³/mol. The van der Waals surface area contributed by atoms with Crippen molar-refractivity contribution in [3.05, 3.63) is 10.4 Å². The van der Waals surface area contributed by atoms with E-state index in [2.05, 4.69) is 10.0 Å². The third kappa shape index (κ3) is 7.81. The number of amides is 1. The molecule has 6 nitrogen and oxygen atoms in total. The lowest BCUT2D eigenvalue weighted by atomic mass is 9.91. The molecule has 1 rings (SSSR count). The Kier molecular flexibility index (Phi) is 7.37. The highest BCUT2D eigenvalue weighted by Gasteiger charge is 2.26. The number of rotatable bonds is 6. The van der Waals surface area contributed by atoms with Crippen molar-refractivity contribution in [3.63, 3.8) is 0 Å². The number of azide groups is 1. The number of hydrogen-bond acceptors (Lipinski definition) is 3. The van der Waals surface area contributed by atoms with Crippen LogP contribution >= 0.6 is 0 Å². The minimum Gasteiger partial charge on any atom is -0.444 e. The third-order valence-corrected chi connectivity index (χ3v) is 3.70. The van der Waals surface area contributed by atoms with Gasteiger partial charge in [-0.05, 0) is 51.5 Å². The Morgan fingerprint density at radius 1 is 1.29 bits per heavy atom. The van der Waals surface area contributed by atoms with Gasteiger partial charge in [-0.25, -0.2) is 4.79 Å². The first-order valence-corrected chi connectivity index (χ1v) is 7.91. The topological polar surface area (TPSA) is 78.3 Å². The lowest BCUT2D eigenvalue weighted by Gasteiger charge is -2.33. The van der Waals surface area contributed by atoms with Gasteiger partial charge in [-0.15, -0.1) is 0 Å². The minimum absolute atomic E-state index is 0.185. The molecule has 0 N–H and O–H groups in total. The molecule has 1 heterocycles. The van der Waals surface area contributed by atoms with E-state index in [1.807, 2.05) is 25.7 Å². The standard InChI is InChI=1S/C15H28N4O2/c1-15(2,3)21-14(20)19-11-8-13(9-12-19)7-5-4-6-10-17-18-16/h13H,4-12H2,1-3H3. The maximum Gasteiger partial charge on any atom is 0.410 e. The molecule has 0 aromatic heterocycles. The number of carbonyl (C=O) groups excluding carboxylic acids is 1. The maximum absolute atomic E-state index is 11.9. The van der Waals surface area contributed by atoms with Crippen molar-refractivity contribution in [3.8, 4) is 0 Å². The summed E-state index contributed by atoms with van der Waals surface area (Å²) in [4.78, 5) is 16.5. The zero-order valence-electron chi connectivity index (χ0n) is 13.5. The second kappa shape index (κ2) is 8.78. The molecule has 0 bridgehead atoms. The van der Waals surface area contributed by atoms with E-state index < -0.39 is 5.60 Å². The van der Waals surface area contributed by atoms with Crippen LogP contribution in [0.4, 0.5) is 4.79 Å². The quantitative estimate of drug-likeness (QED) is 0.313. The lowest BCUT2D eigenvalue weighted by molar-refractivity contribution is 0.0180. The molecule has 21 heavy (non-hydrogen) atoms. The van der Waals surface area contributed by atoms with Crippen LogP contribution in [0.3, 0.4) is 0 Å². The fourth-order valence-corrected chi connectivity index (χ4v) is 2.57. The predicted octanol–water partition coefficient (Wildman–Crippen LogP) is 4.50. The summed E-state index contributed by atoms with van der Waals surface area (Å²) in [6, 6.07) is 0. The number of hydrogen-bond donors (Lipinski definition) is 0. The summed E-state index contributed by atoms with van der Waals surface area (Å²) in [7, 11) is 0. The van der Waals surface area contributed by atoms with Crippen LogP contribution in [0.15, 0.2) is 5.11 Å². The molecule has 0 saturated carbocycles. The van der Waals surface area contributed by atoms with Crippen LogP contribution in [0.2, 0.25) is 0 Å². The van der Waals surface area contributed by atoms with E-state index in [0.29, 0.717) is 12.5 Å². The van der Waals surface area contributed by atoms with Crippen LogP contribution in [0, 0.1) is 5.92 Å². The Hall–Kier alpha value is -1.42. The number of likely N-dealkylation sites (tertiary alicyclic amines) is 1. The van der Waals surface area contributed by atoms with E-state index in [1.54, 1.807) is 0 Å². The Bertz CT molecular complexity index is 364. The number of piperidine rings is 1. The summed E-state index contributed by atoms with van der Waals surface area (Å²) >= 11 is 0. The number of carbonyl (C=O) groups is 1. The van der Waals surface area contributed by atoms with Gasteiger partial charge in [0.15, 0.2) is 0 Å². The number of ether oxygens (including phenoxy) is 1. The van der Waals surface area contributed by atoms with E-state index in [1.165, 1.54) is 12.8 Å². The van der Waals surface area contributed by atoms with Gasteiger partial charge in [-0.2, -0.15) is 0 Å². The molecular weight excluding hydrogens is 268 g/mol. The number of unbranched alkanes of at least 4 members (excludes halogenated alkanes) is 2. The number of nitrogens with zero attached hydrogens (tertiary/aromatic N) is 4. The molecule has 1 amide bonds. The molecular formula is C15H28N4O2. The summed E-state index contributed by atoms with van der Waals surface area (Å²) < 4.78 is 5.40. The first kappa shape index (κ1) is 17.6. The second-order valence-electron chi connectivity index (χ2n) is 6.71. The summed E-state index contributed by atoms with van der Waals surface area (Å²) in [5.74, 6) is 0.711. The molecule has 0 unspecified atom stereocenters. The summed E-state index contributed by atoms with van der Waals surface area (Å²) in [5.41, 5.74) is 7.77. The van der Waals surface area contributed by atoms with Crippen molar-refractivity contribution >= 4 is 6.09 Å². The van der Waals surface area contributed by atoms with Crippen molar-refractivity contribution in [1.29, 1.82) is 0 Å². The Labute approximate surface area is 127 Å². The van der Waals surface area contributed by atoms with Crippen LogP contribution in [0.25, 0.3) is 10.4 Å². The smallest absolute Gasteiger partial charge is 0.410 e. The molecule has 1 fully saturated rings. The van der Waals surface area contributed by atoms with Gasteiger partial charge in [0.1, 0.15) is 5.60 Å². The van der Waals surface area contributed by atoms with Crippen molar-refractivity contribution in [2.75, 3.05) is 19.6 Å². The van der Waals surface area contributed by atoms with Gasteiger partial charge in [0, 0.05) is 24.5 Å². The molecule has 120 valence electrons. The molecule has 1 aliphatic rings. The SMILES string of the molecule is CC(C)(C)OC(=O)N1CCC(CCCCCN=[N+]=[N-])CC1. The Balaban J connectivity index is 2.14. The van der Waals surface area contributed by atoms with Gasteiger partial charge < -0.3 is 9.64 Å². The molecule has 0 aliphatic carbocycles. The largest absolute Gasteiger partial charge is 0.444 e. The van der Waals surface area contributed by atoms with E-state index in [4.69, 9.17) is 10.3 Å². The summed E-state index contributed by atoms with van der Waals surface area (Å²) in [6.45, 7) is 7.90. The normalized spacial score (nSPS) is 16.4.